The maximum atomic E-state index is 13.2. The van der Waals surface area contributed by atoms with Crippen molar-refractivity contribution >= 4 is 35.7 Å². The van der Waals surface area contributed by atoms with E-state index >= 15 is 0 Å². The van der Waals surface area contributed by atoms with Gasteiger partial charge in [0, 0.05) is 12.4 Å². The van der Waals surface area contributed by atoms with E-state index in [0.717, 1.165) is 46.8 Å². The third-order valence-corrected chi connectivity index (χ3v) is 11.7. The summed E-state index contributed by atoms with van der Waals surface area (Å²) in [5.74, 6) is 0.285. The molecule has 0 heterocycles. The number of nitrogens with zero attached hydrogens (tertiary/aromatic N) is 3. The van der Waals surface area contributed by atoms with Crippen LogP contribution in [-0.4, -0.2) is 37.6 Å². The largest absolute Gasteiger partial charge is 0.494 e. The van der Waals surface area contributed by atoms with E-state index in [2.05, 4.69) is 23.8 Å². The van der Waals surface area contributed by atoms with E-state index in [9.17, 15) is 14.9 Å². The van der Waals surface area contributed by atoms with Crippen LogP contribution < -0.4 is 18.9 Å². The highest BCUT2D eigenvalue weighted by molar-refractivity contribution is 5.94. The number of esters is 2. The van der Waals surface area contributed by atoms with E-state index < -0.39 is 11.9 Å². The molecular weight excluding hydrogens is 847 g/mol. The van der Waals surface area contributed by atoms with Gasteiger partial charge in [-0.1, -0.05) is 160 Å². The van der Waals surface area contributed by atoms with Gasteiger partial charge in [-0.2, -0.15) is 5.26 Å². The molecule has 0 radical (unpaired) electrons. The van der Waals surface area contributed by atoms with Crippen LogP contribution in [0.4, 0.5) is 11.4 Å². The number of aliphatic imine (C=N–C) groups is 2. The lowest BCUT2D eigenvalue weighted by atomic mass is 10.1. The van der Waals surface area contributed by atoms with Crippen molar-refractivity contribution < 1.29 is 28.5 Å². The van der Waals surface area contributed by atoms with Gasteiger partial charge in [-0.05, 0) is 109 Å². The van der Waals surface area contributed by atoms with Crippen molar-refractivity contribution in [3.05, 3.63) is 143 Å². The van der Waals surface area contributed by atoms with Gasteiger partial charge in [-0.25, -0.2) is 9.59 Å². The number of rotatable bonds is 32. The molecule has 5 aromatic rings. The second kappa shape index (κ2) is 31.4. The van der Waals surface area contributed by atoms with Crippen molar-refractivity contribution in [2.75, 3.05) is 13.2 Å². The highest BCUT2D eigenvalue weighted by atomic mass is 16.5. The molecule has 68 heavy (non-hydrogen) atoms. The van der Waals surface area contributed by atoms with Crippen LogP contribution in [0.3, 0.4) is 0 Å². The van der Waals surface area contributed by atoms with E-state index in [-0.39, 0.29) is 28.2 Å². The second-order valence-electron chi connectivity index (χ2n) is 17.3. The van der Waals surface area contributed by atoms with Crippen molar-refractivity contribution in [1.82, 2.24) is 0 Å². The lowest BCUT2D eigenvalue weighted by Gasteiger charge is -2.10. The van der Waals surface area contributed by atoms with Crippen molar-refractivity contribution in [3.63, 3.8) is 0 Å². The van der Waals surface area contributed by atoms with Crippen molar-refractivity contribution in [3.8, 4) is 29.1 Å². The lowest BCUT2D eigenvalue weighted by Crippen LogP contribution is -2.12. The predicted octanol–water partition coefficient (Wildman–Crippen LogP) is 16.1. The molecular formula is C59H71N3O6. The summed E-state index contributed by atoms with van der Waals surface area (Å²) in [6.45, 7) is 5.94. The van der Waals surface area contributed by atoms with Crippen LogP contribution in [0.5, 0.6) is 23.0 Å². The second-order valence-corrected chi connectivity index (χ2v) is 17.3. The van der Waals surface area contributed by atoms with Gasteiger partial charge < -0.3 is 18.9 Å². The number of carbonyl (C=O) groups excluding carboxylic acids is 2. The van der Waals surface area contributed by atoms with Gasteiger partial charge in [0.25, 0.3) is 0 Å². The maximum absolute atomic E-state index is 13.2. The molecule has 0 saturated heterocycles. The molecule has 0 bridgehead atoms. The average Bonchev–Trinajstić information content (AvgIpc) is 3.37. The Morgan fingerprint density at radius 1 is 0.456 bits per heavy atom. The summed E-state index contributed by atoms with van der Waals surface area (Å²) in [5, 5.41) is 10.0. The number of hydrogen-bond donors (Lipinski definition) is 0. The van der Waals surface area contributed by atoms with Crippen LogP contribution in [0.25, 0.3) is 0 Å². The fraction of sp³-hybridized carbons (Fsp3) is 0.407. The molecule has 5 rings (SSSR count). The Bertz CT molecular complexity index is 2160. The number of nitriles is 1. The predicted molar refractivity (Wildman–Crippen MR) is 276 cm³/mol. The normalized spacial score (nSPS) is 11.2. The molecule has 358 valence electrons. The molecule has 0 spiro atoms. The fourth-order valence-corrected chi connectivity index (χ4v) is 7.63. The van der Waals surface area contributed by atoms with Crippen LogP contribution in [0.15, 0.2) is 125 Å². The zero-order chi connectivity index (χ0) is 47.9. The molecule has 0 fully saturated rings. The van der Waals surface area contributed by atoms with Crippen molar-refractivity contribution in [1.29, 1.82) is 5.26 Å². The minimum atomic E-state index is -0.664. The molecule has 0 unspecified atom stereocenters. The van der Waals surface area contributed by atoms with E-state index in [0.29, 0.717) is 13.2 Å². The van der Waals surface area contributed by atoms with E-state index in [1.807, 2.05) is 54.6 Å². The van der Waals surface area contributed by atoms with Gasteiger partial charge in [-0.15, -0.1) is 0 Å². The average molecular weight is 918 g/mol. The van der Waals surface area contributed by atoms with Crippen LogP contribution >= 0.6 is 0 Å². The molecule has 9 heteroatoms. The Balaban J connectivity index is 1.01. The first-order chi connectivity index (χ1) is 33.4. The third-order valence-electron chi connectivity index (χ3n) is 11.7. The van der Waals surface area contributed by atoms with Gasteiger partial charge in [-0.3, -0.25) is 9.98 Å². The smallest absolute Gasteiger partial charge is 0.343 e. The minimum absolute atomic E-state index is 0.0235. The molecule has 9 nitrogen and oxygen atoms in total. The number of benzene rings is 5. The van der Waals surface area contributed by atoms with Gasteiger partial charge in [0.2, 0.25) is 0 Å². The number of hydrogen-bond acceptors (Lipinski definition) is 9. The zero-order valence-electron chi connectivity index (χ0n) is 40.5. The molecule has 0 amide bonds. The van der Waals surface area contributed by atoms with E-state index in [4.69, 9.17) is 18.9 Å². The molecule has 0 aromatic heterocycles. The lowest BCUT2D eigenvalue weighted by molar-refractivity contribution is 0.0731. The monoisotopic (exact) mass is 918 g/mol. The van der Waals surface area contributed by atoms with Gasteiger partial charge in [0.15, 0.2) is 11.5 Å². The first-order valence-corrected chi connectivity index (χ1v) is 25.2. The van der Waals surface area contributed by atoms with Crippen LogP contribution in [0.2, 0.25) is 0 Å². The Morgan fingerprint density at radius 2 is 0.794 bits per heavy atom. The first-order valence-electron chi connectivity index (χ1n) is 25.2. The van der Waals surface area contributed by atoms with Gasteiger partial charge in [0.05, 0.1) is 35.7 Å². The summed E-state index contributed by atoms with van der Waals surface area (Å²) < 4.78 is 23.1. The van der Waals surface area contributed by atoms with Crippen LogP contribution in [0, 0.1) is 11.3 Å². The van der Waals surface area contributed by atoms with Crippen LogP contribution in [-0.2, 0) is 0 Å². The Kier molecular flexibility index (Phi) is 24.2. The van der Waals surface area contributed by atoms with Crippen molar-refractivity contribution in [2.24, 2.45) is 9.98 Å². The zero-order valence-corrected chi connectivity index (χ0v) is 40.5. The molecule has 0 aliphatic carbocycles. The standard InChI is InChI=1S/C59H71N3O6/c1-3-5-7-9-11-13-15-17-19-21-42-65-53-38-34-51(35-39-53)61-45-47-26-30-49(31-27-47)58(63)67-56-24-23-25-57(55(56)44-60)68-59(64)50-32-28-48(29-33-50)46-62-52-36-40-54(41-37-52)66-43-22-20-18-16-14-12-10-8-6-4-2/h23-41,45-46H,3-22,42-43H2,1-2H3. The number of ether oxygens (including phenoxy) is 4. The topological polar surface area (TPSA) is 120 Å². The highest BCUT2D eigenvalue weighted by Crippen LogP contribution is 2.29. The molecule has 0 N–H and O–H groups in total. The summed E-state index contributed by atoms with van der Waals surface area (Å²) in [4.78, 5) is 35.4. The summed E-state index contributed by atoms with van der Waals surface area (Å²) in [6, 6.07) is 35.5. The molecule has 0 atom stereocenters. The van der Waals surface area contributed by atoms with E-state index in [1.54, 1.807) is 67.0 Å². The fourth-order valence-electron chi connectivity index (χ4n) is 7.63. The number of unbranched alkanes of at least 4 members (excludes halogenated alkanes) is 18. The molecule has 5 aromatic carbocycles. The molecule has 0 aliphatic rings. The van der Waals surface area contributed by atoms with Crippen molar-refractivity contribution in [2.45, 2.75) is 142 Å². The van der Waals surface area contributed by atoms with Crippen LogP contribution in [0.1, 0.15) is 180 Å². The van der Waals surface area contributed by atoms with Gasteiger partial charge >= 0.3 is 11.9 Å². The summed E-state index contributed by atoms with van der Waals surface area (Å²) in [7, 11) is 0. The molecule has 0 saturated carbocycles. The maximum Gasteiger partial charge on any atom is 0.343 e. The van der Waals surface area contributed by atoms with Gasteiger partial charge in [0.1, 0.15) is 23.1 Å². The first kappa shape index (κ1) is 52.4. The molecule has 0 aliphatic heterocycles. The summed E-state index contributed by atoms with van der Waals surface area (Å²) in [5.41, 5.74) is 3.63. The number of carbonyl (C=O) groups is 2. The Morgan fingerprint density at radius 3 is 1.13 bits per heavy atom. The van der Waals surface area contributed by atoms with E-state index in [1.165, 1.54) is 128 Å². The SMILES string of the molecule is CCCCCCCCCCCCOc1ccc(N=Cc2ccc(C(=O)Oc3cccc(OC(=O)c4ccc(C=Nc5ccc(OCCCCCCCCCCCC)cc5)cc4)c3C#N)cc2)cc1. The Labute approximate surface area is 405 Å². The Hall–Kier alpha value is -6.53. The minimum Gasteiger partial charge on any atom is -0.494 e. The third kappa shape index (κ3) is 19.7. The quantitative estimate of drug-likeness (QED) is 0.0182. The summed E-state index contributed by atoms with van der Waals surface area (Å²) >= 11 is 0. The highest BCUT2D eigenvalue weighted by Gasteiger charge is 2.18. The summed E-state index contributed by atoms with van der Waals surface area (Å²) in [6.07, 6.45) is 29.3.